The second-order valence-electron chi connectivity index (χ2n) is 10.2. The quantitative estimate of drug-likeness (QED) is 0.540. The normalized spacial score (nSPS) is 16.6. The number of likely N-dealkylation sites (tertiary alicyclic amines) is 1. The highest BCUT2D eigenvalue weighted by molar-refractivity contribution is 5.97. The highest BCUT2D eigenvalue weighted by Gasteiger charge is 2.46. The lowest BCUT2D eigenvalue weighted by Crippen LogP contribution is -2.55. The van der Waals surface area contributed by atoms with Crippen molar-refractivity contribution in [2.75, 3.05) is 25.5 Å². The number of carbonyl (C=O) groups excluding carboxylic acids is 2. The number of carbonyl (C=O) groups is 2. The molecule has 1 atom stereocenters. The molecule has 10 heteroatoms. The molecule has 1 aliphatic rings. The van der Waals surface area contributed by atoms with E-state index in [1.165, 1.54) is 24.1 Å². The predicted molar refractivity (Wildman–Crippen MR) is 132 cm³/mol. The van der Waals surface area contributed by atoms with Crippen molar-refractivity contribution in [3.8, 4) is 5.75 Å². The van der Waals surface area contributed by atoms with Crippen molar-refractivity contribution in [2.45, 2.75) is 57.4 Å². The second-order valence-corrected chi connectivity index (χ2v) is 10.2. The molecule has 0 bridgehead atoms. The van der Waals surface area contributed by atoms with Crippen LogP contribution in [0.3, 0.4) is 0 Å². The van der Waals surface area contributed by atoms with Crippen LogP contribution in [-0.2, 0) is 22.1 Å². The first-order valence-corrected chi connectivity index (χ1v) is 12.0. The van der Waals surface area contributed by atoms with Gasteiger partial charge in [-0.15, -0.1) is 0 Å². The number of amides is 2. The zero-order chi connectivity index (χ0) is 27.4. The first-order chi connectivity index (χ1) is 17.2. The Kier molecular flexibility index (Phi) is 8.42. The molecule has 37 heavy (non-hydrogen) atoms. The number of ether oxygens (including phenoxy) is 2. The van der Waals surface area contributed by atoms with Crippen LogP contribution < -0.4 is 10.1 Å². The average Bonchev–Trinajstić information content (AvgIpc) is 2.82. The topological polar surface area (TPSA) is 88.1 Å². The summed E-state index contributed by atoms with van der Waals surface area (Å²) in [4.78, 5) is 27.5. The van der Waals surface area contributed by atoms with Crippen LogP contribution in [0.2, 0.25) is 0 Å². The third-order valence-electron chi connectivity index (χ3n) is 6.27. The highest BCUT2D eigenvalue weighted by Crippen LogP contribution is 2.35. The number of benzene rings is 2. The maximum Gasteiger partial charge on any atom is 0.416 e. The van der Waals surface area contributed by atoms with E-state index in [0.717, 1.165) is 12.1 Å². The molecule has 0 radical (unpaired) electrons. The van der Waals surface area contributed by atoms with Crippen LogP contribution in [-0.4, -0.2) is 53.4 Å². The van der Waals surface area contributed by atoms with E-state index in [4.69, 9.17) is 9.47 Å². The molecule has 0 spiro atoms. The Morgan fingerprint density at radius 2 is 1.70 bits per heavy atom. The Bertz CT molecular complexity index is 1110. The number of rotatable bonds is 6. The van der Waals surface area contributed by atoms with E-state index in [1.54, 1.807) is 45.0 Å². The van der Waals surface area contributed by atoms with Gasteiger partial charge in [-0.3, -0.25) is 4.79 Å². The lowest BCUT2D eigenvalue weighted by Gasteiger charge is -2.40. The fourth-order valence-electron chi connectivity index (χ4n) is 4.38. The van der Waals surface area contributed by atoms with Crippen molar-refractivity contribution in [1.82, 2.24) is 4.90 Å². The average molecular weight is 523 g/mol. The van der Waals surface area contributed by atoms with Gasteiger partial charge in [-0.1, -0.05) is 18.2 Å². The number of halogens is 3. The van der Waals surface area contributed by atoms with Crippen molar-refractivity contribution in [2.24, 2.45) is 5.92 Å². The number of nitrogens with one attached hydrogen (secondary N) is 1. The third-order valence-corrected chi connectivity index (χ3v) is 6.27. The van der Waals surface area contributed by atoms with Crippen LogP contribution >= 0.6 is 0 Å². The molecular weight excluding hydrogens is 489 g/mol. The van der Waals surface area contributed by atoms with Crippen molar-refractivity contribution >= 4 is 17.7 Å². The number of nitrogens with zero attached hydrogens (tertiary/aromatic N) is 1. The molecule has 1 unspecified atom stereocenters. The lowest BCUT2D eigenvalue weighted by molar-refractivity contribution is -0.142. The van der Waals surface area contributed by atoms with Crippen molar-refractivity contribution in [3.05, 3.63) is 59.7 Å². The van der Waals surface area contributed by atoms with Gasteiger partial charge in [0.15, 0.2) is 0 Å². The van der Waals surface area contributed by atoms with E-state index >= 15 is 0 Å². The molecule has 1 saturated heterocycles. The van der Waals surface area contributed by atoms with Crippen molar-refractivity contribution in [1.29, 1.82) is 0 Å². The Labute approximate surface area is 214 Å². The lowest BCUT2D eigenvalue weighted by atomic mass is 9.76. The van der Waals surface area contributed by atoms with E-state index in [0.29, 0.717) is 24.2 Å². The van der Waals surface area contributed by atoms with Gasteiger partial charge in [0, 0.05) is 31.1 Å². The summed E-state index contributed by atoms with van der Waals surface area (Å²) in [5, 5.41) is 14.3. The minimum absolute atomic E-state index is 0.0740. The molecule has 2 amide bonds. The zero-order valence-corrected chi connectivity index (χ0v) is 21.4. The summed E-state index contributed by atoms with van der Waals surface area (Å²) in [7, 11) is 1.50. The number of anilines is 1. The summed E-state index contributed by atoms with van der Waals surface area (Å²) in [5.74, 6) is -0.841. The molecule has 0 aliphatic carbocycles. The van der Waals surface area contributed by atoms with Gasteiger partial charge in [-0.25, -0.2) is 4.79 Å². The summed E-state index contributed by atoms with van der Waals surface area (Å²) >= 11 is 0. The van der Waals surface area contributed by atoms with Gasteiger partial charge in [-0.05, 0) is 69.5 Å². The van der Waals surface area contributed by atoms with E-state index < -0.39 is 40.9 Å². The third kappa shape index (κ3) is 7.38. The van der Waals surface area contributed by atoms with Gasteiger partial charge in [-0.2, -0.15) is 13.2 Å². The summed E-state index contributed by atoms with van der Waals surface area (Å²) in [6.45, 7) is 5.82. The summed E-state index contributed by atoms with van der Waals surface area (Å²) in [6, 6.07) is 11.1. The number of alkyl halides is 3. The second kappa shape index (κ2) is 11.0. The zero-order valence-electron chi connectivity index (χ0n) is 21.4. The summed E-state index contributed by atoms with van der Waals surface area (Å²) in [5.41, 5.74) is -2.98. The van der Waals surface area contributed by atoms with Gasteiger partial charge in [0.1, 0.15) is 17.0 Å². The Morgan fingerprint density at radius 1 is 1.05 bits per heavy atom. The van der Waals surface area contributed by atoms with Gasteiger partial charge in [0.25, 0.3) is 5.91 Å². The van der Waals surface area contributed by atoms with Crippen LogP contribution in [0.25, 0.3) is 0 Å². The van der Waals surface area contributed by atoms with Crippen LogP contribution in [0.4, 0.5) is 23.7 Å². The number of aliphatic hydroxyl groups is 1. The highest BCUT2D eigenvalue weighted by atomic mass is 19.4. The van der Waals surface area contributed by atoms with E-state index in [1.807, 2.05) is 0 Å². The molecular formula is C27H33F3N2O5. The van der Waals surface area contributed by atoms with E-state index in [9.17, 15) is 27.9 Å². The van der Waals surface area contributed by atoms with Crippen LogP contribution in [0.1, 0.15) is 44.7 Å². The number of hydrogen-bond acceptors (Lipinski definition) is 5. The monoisotopic (exact) mass is 522 g/mol. The van der Waals surface area contributed by atoms with Gasteiger partial charge >= 0.3 is 12.3 Å². The molecule has 7 nitrogen and oxygen atoms in total. The molecule has 202 valence electrons. The molecule has 2 aromatic rings. The molecule has 2 N–H and O–H groups in total. The van der Waals surface area contributed by atoms with Crippen molar-refractivity contribution in [3.63, 3.8) is 0 Å². The van der Waals surface area contributed by atoms with Gasteiger partial charge in [0.05, 0.1) is 12.7 Å². The minimum atomic E-state index is -4.58. The molecule has 0 saturated carbocycles. The Balaban J connectivity index is 1.85. The van der Waals surface area contributed by atoms with Crippen LogP contribution in [0.15, 0.2) is 48.5 Å². The maximum absolute atomic E-state index is 13.5. The molecule has 1 aliphatic heterocycles. The summed E-state index contributed by atoms with van der Waals surface area (Å²) in [6.07, 6.45) is -4.54. The molecule has 1 fully saturated rings. The standard InChI is InChI=1S/C27H33F3N2O5/c1-25(2,3)37-24(34)32-13-11-19(12-14-32)26(35,17-18-7-5-10-22(15-18)36-4)23(33)31-21-9-6-8-20(16-21)27(28,29)30/h5-10,15-16,19,35H,11-14,17H2,1-4H3,(H,31,33). The van der Waals surface area contributed by atoms with Gasteiger partial charge in [0.2, 0.25) is 0 Å². The first kappa shape index (κ1) is 28.3. The fraction of sp³-hybridized carbons (Fsp3) is 0.481. The molecule has 2 aromatic carbocycles. The molecule has 3 rings (SSSR count). The largest absolute Gasteiger partial charge is 0.497 e. The van der Waals surface area contributed by atoms with Crippen LogP contribution in [0, 0.1) is 5.92 Å². The molecule has 0 aromatic heterocycles. The van der Waals surface area contributed by atoms with Gasteiger partial charge < -0.3 is 24.8 Å². The Hall–Kier alpha value is -3.27. The van der Waals surface area contributed by atoms with Crippen LogP contribution in [0.5, 0.6) is 5.75 Å². The maximum atomic E-state index is 13.5. The fourth-order valence-corrected chi connectivity index (χ4v) is 4.38. The number of piperidine rings is 1. The summed E-state index contributed by atoms with van der Waals surface area (Å²) < 4.78 is 50.2. The first-order valence-electron chi connectivity index (χ1n) is 12.0. The number of methoxy groups -OCH3 is 1. The smallest absolute Gasteiger partial charge is 0.416 e. The number of hydrogen-bond donors (Lipinski definition) is 2. The molecule has 1 heterocycles. The predicted octanol–water partition coefficient (Wildman–Crippen LogP) is 5.27. The van der Waals surface area contributed by atoms with E-state index in [-0.39, 0.29) is 25.2 Å². The Morgan fingerprint density at radius 3 is 2.30 bits per heavy atom. The SMILES string of the molecule is COc1cccc(CC(O)(C(=O)Nc2cccc(C(F)(F)F)c2)C2CCN(C(=O)OC(C)(C)C)CC2)c1. The minimum Gasteiger partial charge on any atom is -0.497 e. The van der Waals surface area contributed by atoms with Crippen molar-refractivity contribution < 1.29 is 37.3 Å². The van der Waals surface area contributed by atoms with E-state index in [2.05, 4.69) is 5.32 Å².